The van der Waals surface area contributed by atoms with Crippen LogP contribution in [0.1, 0.15) is 52.0 Å². The van der Waals surface area contributed by atoms with E-state index in [1.165, 1.54) is 0 Å². The molecule has 5 rings (SSSR count). The number of imide groups is 2. The molecule has 1 aromatic carbocycles. The van der Waals surface area contributed by atoms with Crippen LogP contribution in [0.15, 0.2) is 36.5 Å². The molecule has 4 heterocycles. The molecular weight excluding hydrogens is 438 g/mol. The highest BCUT2D eigenvalue weighted by molar-refractivity contribution is 6.23. The molecule has 0 saturated carbocycles. The first-order chi connectivity index (χ1) is 16.5. The molecule has 2 fully saturated rings. The maximum Gasteiger partial charge on any atom is 0.262 e. The Kier molecular flexibility index (Phi) is 5.97. The minimum absolute atomic E-state index is 0.0892. The molecule has 34 heavy (non-hydrogen) atoms. The number of carbonyl (C=O) groups is 4. The molecule has 0 bridgehead atoms. The van der Waals surface area contributed by atoms with Crippen LogP contribution in [0.5, 0.6) is 5.88 Å². The van der Waals surface area contributed by atoms with Crippen molar-refractivity contribution in [2.75, 3.05) is 18.4 Å². The molecule has 3 aliphatic rings. The smallest absolute Gasteiger partial charge is 0.262 e. The van der Waals surface area contributed by atoms with Crippen molar-refractivity contribution in [2.45, 2.75) is 44.4 Å². The third-order valence-corrected chi connectivity index (χ3v) is 6.32. The Morgan fingerprint density at radius 1 is 1.03 bits per heavy atom. The summed E-state index contributed by atoms with van der Waals surface area (Å²) in [5.74, 6) is -1.52. The topological polar surface area (TPSA) is 130 Å². The molecule has 2 aromatic rings. The summed E-state index contributed by atoms with van der Waals surface area (Å²) in [6.45, 7) is 2.22. The number of fused-ring (bicyclic) bond motifs is 1. The minimum atomic E-state index is -0.975. The van der Waals surface area contributed by atoms with Crippen LogP contribution in [0, 0.1) is 0 Å². The molecule has 176 valence electrons. The van der Waals surface area contributed by atoms with E-state index in [1.54, 1.807) is 24.4 Å². The molecule has 0 spiro atoms. The second kappa shape index (κ2) is 9.22. The van der Waals surface area contributed by atoms with Gasteiger partial charge in [0.25, 0.3) is 11.8 Å². The molecule has 0 aliphatic carbocycles. The largest absolute Gasteiger partial charge is 0.473 e. The van der Waals surface area contributed by atoms with Crippen LogP contribution in [0.2, 0.25) is 0 Å². The molecule has 3 N–H and O–H groups in total. The summed E-state index contributed by atoms with van der Waals surface area (Å²) in [5, 5.41) is 8.82. The van der Waals surface area contributed by atoms with Gasteiger partial charge in [0.2, 0.25) is 17.7 Å². The molecule has 4 amide bonds. The molecule has 1 aromatic heterocycles. The summed E-state index contributed by atoms with van der Waals surface area (Å²) in [5.41, 5.74) is 2.05. The van der Waals surface area contributed by atoms with E-state index in [2.05, 4.69) is 20.9 Å². The Bertz CT molecular complexity index is 1160. The van der Waals surface area contributed by atoms with Crippen molar-refractivity contribution in [2.24, 2.45) is 0 Å². The molecule has 3 aliphatic heterocycles. The van der Waals surface area contributed by atoms with Gasteiger partial charge < -0.3 is 15.4 Å². The van der Waals surface area contributed by atoms with E-state index in [1.807, 2.05) is 12.1 Å². The maximum absolute atomic E-state index is 13.0. The first-order valence-electron chi connectivity index (χ1n) is 11.4. The van der Waals surface area contributed by atoms with E-state index in [0.29, 0.717) is 12.4 Å². The number of hydrogen-bond donors (Lipinski definition) is 3. The van der Waals surface area contributed by atoms with Crippen LogP contribution in [0.25, 0.3) is 0 Å². The summed E-state index contributed by atoms with van der Waals surface area (Å²) in [7, 11) is 0. The summed E-state index contributed by atoms with van der Waals surface area (Å²) in [4.78, 5) is 54.9. The number of amides is 4. The van der Waals surface area contributed by atoms with Crippen LogP contribution in [-0.2, 0) is 16.1 Å². The highest BCUT2D eigenvalue weighted by Gasteiger charge is 2.44. The zero-order chi connectivity index (χ0) is 23.7. The second-order valence-corrected chi connectivity index (χ2v) is 8.60. The molecule has 0 radical (unpaired) electrons. The summed E-state index contributed by atoms with van der Waals surface area (Å²) < 4.78 is 6.10. The van der Waals surface area contributed by atoms with Crippen LogP contribution < -0.4 is 20.7 Å². The van der Waals surface area contributed by atoms with Gasteiger partial charge in [-0.2, -0.15) is 0 Å². The predicted octanol–water partition coefficient (Wildman–Crippen LogP) is 1.23. The number of pyridine rings is 1. The van der Waals surface area contributed by atoms with E-state index < -0.39 is 29.7 Å². The quantitative estimate of drug-likeness (QED) is 0.546. The zero-order valence-corrected chi connectivity index (χ0v) is 18.5. The van der Waals surface area contributed by atoms with Crippen LogP contribution >= 0.6 is 0 Å². The number of hydrogen-bond acceptors (Lipinski definition) is 8. The van der Waals surface area contributed by atoms with Crippen molar-refractivity contribution in [3.05, 3.63) is 53.2 Å². The van der Waals surface area contributed by atoms with E-state index in [4.69, 9.17) is 4.74 Å². The van der Waals surface area contributed by atoms with Crippen molar-refractivity contribution in [1.29, 1.82) is 0 Å². The van der Waals surface area contributed by atoms with Gasteiger partial charge in [0, 0.05) is 19.2 Å². The number of carbonyl (C=O) groups excluding carboxylic acids is 4. The highest BCUT2D eigenvalue weighted by Crippen LogP contribution is 2.29. The Labute approximate surface area is 196 Å². The molecule has 2 saturated heterocycles. The van der Waals surface area contributed by atoms with E-state index in [9.17, 15) is 19.2 Å². The number of nitrogens with one attached hydrogen (secondary N) is 3. The van der Waals surface area contributed by atoms with E-state index in [-0.39, 0.29) is 30.1 Å². The Hall–Kier alpha value is -3.79. The van der Waals surface area contributed by atoms with Gasteiger partial charge in [0.05, 0.1) is 16.8 Å². The fourth-order valence-electron chi connectivity index (χ4n) is 4.52. The molecule has 10 heteroatoms. The first-order valence-corrected chi connectivity index (χ1v) is 11.4. The Balaban J connectivity index is 1.29. The molecular formula is C24H25N5O5. The van der Waals surface area contributed by atoms with Gasteiger partial charge in [0.1, 0.15) is 12.1 Å². The van der Waals surface area contributed by atoms with Gasteiger partial charge in [-0.15, -0.1) is 0 Å². The Morgan fingerprint density at radius 2 is 1.82 bits per heavy atom. The summed E-state index contributed by atoms with van der Waals surface area (Å²) in [6, 6.07) is 7.77. The van der Waals surface area contributed by atoms with Crippen LogP contribution in [-0.4, -0.2) is 58.7 Å². The van der Waals surface area contributed by atoms with Crippen molar-refractivity contribution in [3.8, 4) is 5.88 Å². The van der Waals surface area contributed by atoms with Crippen LogP contribution in [0.4, 0.5) is 5.69 Å². The highest BCUT2D eigenvalue weighted by atomic mass is 16.5. The average Bonchev–Trinajstić information content (AvgIpc) is 3.09. The fraction of sp³-hybridized carbons (Fsp3) is 0.375. The third kappa shape index (κ3) is 4.24. The molecule has 1 unspecified atom stereocenters. The standard InChI is InChI=1S/C24H25N5O5/c30-20-6-5-19(21(31)28-20)29-23(32)16-4-3-14(12-17(16)24(29)33)13-27-18-2-1-9-26-22(18)34-15-7-10-25-11-8-15/h1-4,9,12,15,19,25,27H,5-8,10-11,13H2,(H,28,30,31). The second-order valence-electron chi connectivity index (χ2n) is 8.60. The lowest BCUT2D eigenvalue weighted by Crippen LogP contribution is -2.54. The number of nitrogens with zero attached hydrogens (tertiary/aromatic N) is 2. The van der Waals surface area contributed by atoms with Gasteiger partial charge in [-0.3, -0.25) is 29.4 Å². The van der Waals surface area contributed by atoms with Gasteiger partial charge in [-0.05, 0) is 62.2 Å². The average molecular weight is 463 g/mol. The van der Waals surface area contributed by atoms with Crippen molar-refractivity contribution in [3.63, 3.8) is 0 Å². The Morgan fingerprint density at radius 3 is 2.62 bits per heavy atom. The number of anilines is 1. The predicted molar refractivity (Wildman–Crippen MR) is 121 cm³/mol. The zero-order valence-electron chi connectivity index (χ0n) is 18.5. The molecule has 1 atom stereocenters. The fourth-order valence-corrected chi connectivity index (χ4v) is 4.52. The SMILES string of the molecule is O=C1CCC(N2C(=O)c3ccc(CNc4cccnc4OC4CCNCC4)cc3C2=O)C(=O)N1. The normalized spacial score (nSPS) is 20.8. The van der Waals surface area contributed by atoms with Crippen molar-refractivity contribution in [1.82, 2.24) is 20.5 Å². The molecule has 10 nitrogen and oxygen atoms in total. The minimum Gasteiger partial charge on any atom is -0.473 e. The van der Waals surface area contributed by atoms with Gasteiger partial charge >= 0.3 is 0 Å². The number of ether oxygens (including phenoxy) is 1. The lowest BCUT2D eigenvalue weighted by Gasteiger charge is -2.27. The van der Waals surface area contributed by atoms with E-state index >= 15 is 0 Å². The monoisotopic (exact) mass is 463 g/mol. The number of benzene rings is 1. The lowest BCUT2D eigenvalue weighted by atomic mass is 10.0. The number of aromatic nitrogens is 1. The maximum atomic E-state index is 13.0. The summed E-state index contributed by atoms with van der Waals surface area (Å²) in [6.07, 6.45) is 3.85. The lowest BCUT2D eigenvalue weighted by molar-refractivity contribution is -0.136. The number of piperidine rings is 2. The van der Waals surface area contributed by atoms with Crippen LogP contribution in [0.3, 0.4) is 0 Å². The van der Waals surface area contributed by atoms with Gasteiger partial charge in [-0.1, -0.05) is 6.07 Å². The van der Waals surface area contributed by atoms with Gasteiger partial charge in [0.15, 0.2) is 0 Å². The van der Waals surface area contributed by atoms with E-state index in [0.717, 1.165) is 42.1 Å². The van der Waals surface area contributed by atoms with Crippen molar-refractivity contribution >= 4 is 29.3 Å². The first kappa shape index (κ1) is 22.0. The summed E-state index contributed by atoms with van der Waals surface area (Å²) >= 11 is 0. The van der Waals surface area contributed by atoms with Gasteiger partial charge in [-0.25, -0.2) is 4.98 Å². The third-order valence-electron chi connectivity index (χ3n) is 6.32. The number of rotatable bonds is 6. The van der Waals surface area contributed by atoms with Crippen molar-refractivity contribution < 1.29 is 23.9 Å².